The summed E-state index contributed by atoms with van der Waals surface area (Å²) in [6.45, 7) is 4.24. The maximum Gasteiger partial charge on any atom is 0.230 e. The van der Waals surface area contributed by atoms with Crippen molar-refractivity contribution in [3.63, 3.8) is 0 Å². The Bertz CT molecular complexity index is 834. The summed E-state index contributed by atoms with van der Waals surface area (Å²) < 4.78 is 7.05. The molecule has 1 aliphatic heterocycles. The Morgan fingerprint density at radius 3 is 2.85 bits per heavy atom. The van der Waals surface area contributed by atoms with Crippen LogP contribution in [0.15, 0.2) is 30.5 Å². The second kappa shape index (κ2) is 7.37. The number of amides is 2. The van der Waals surface area contributed by atoms with E-state index in [1.165, 1.54) is 7.11 Å². The second-order valence-electron chi connectivity index (χ2n) is 6.47. The van der Waals surface area contributed by atoms with Gasteiger partial charge in [0.2, 0.25) is 11.8 Å². The molecule has 0 bridgehead atoms. The Balaban J connectivity index is 1.76. The zero-order valence-electron chi connectivity index (χ0n) is 14.9. The van der Waals surface area contributed by atoms with Crippen molar-refractivity contribution in [1.82, 2.24) is 9.78 Å². The van der Waals surface area contributed by atoms with Crippen molar-refractivity contribution in [2.75, 3.05) is 23.9 Å². The van der Waals surface area contributed by atoms with E-state index in [-0.39, 0.29) is 30.8 Å². The fraction of sp³-hybridized carbons (Fsp3) is 0.389. The van der Waals surface area contributed by atoms with E-state index in [0.29, 0.717) is 22.3 Å². The van der Waals surface area contributed by atoms with E-state index in [2.05, 4.69) is 10.4 Å². The molecule has 1 saturated heterocycles. The van der Waals surface area contributed by atoms with Gasteiger partial charge in [0.15, 0.2) is 0 Å². The Labute approximate surface area is 156 Å². The molecule has 7 nitrogen and oxygen atoms in total. The molecule has 1 atom stereocenters. The molecule has 2 heterocycles. The van der Waals surface area contributed by atoms with Crippen molar-refractivity contribution in [3.8, 4) is 5.75 Å². The monoisotopic (exact) mass is 376 g/mol. The van der Waals surface area contributed by atoms with E-state index in [4.69, 9.17) is 16.3 Å². The predicted octanol–water partition coefficient (Wildman–Crippen LogP) is 3.12. The second-order valence-corrected chi connectivity index (χ2v) is 6.90. The summed E-state index contributed by atoms with van der Waals surface area (Å²) in [6.07, 6.45) is 1.77. The van der Waals surface area contributed by atoms with Gasteiger partial charge < -0.3 is 15.0 Å². The first-order valence-corrected chi connectivity index (χ1v) is 8.76. The highest BCUT2D eigenvalue weighted by molar-refractivity contribution is 6.31. The minimum atomic E-state index is -0.457. The van der Waals surface area contributed by atoms with E-state index >= 15 is 0 Å². The number of carbonyl (C=O) groups excluding carboxylic acids is 2. The highest BCUT2D eigenvalue weighted by Gasteiger charge is 2.36. The minimum Gasteiger partial charge on any atom is -0.495 e. The highest BCUT2D eigenvalue weighted by atomic mass is 35.5. The summed E-state index contributed by atoms with van der Waals surface area (Å²) in [6, 6.07) is 6.94. The van der Waals surface area contributed by atoms with Crippen molar-refractivity contribution in [1.29, 1.82) is 0 Å². The summed E-state index contributed by atoms with van der Waals surface area (Å²) in [7, 11) is 1.53. The first kappa shape index (κ1) is 18.3. The van der Waals surface area contributed by atoms with Crippen molar-refractivity contribution < 1.29 is 14.3 Å². The summed E-state index contributed by atoms with van der Waals surface area (Å²) in [4.78, 5) is 26.7. The van der Waals surface area contributed by atoms with E-state index < -0.39 is 5.92 Å². The highest BCUT2D eigenvalue weighted by Crippen LogP contribution is 2.35. The van der Waals surface area contributed by atoms with Crippen LogP contribution in [0.5, 0.6) is 5.75 Å². The average Bonchev–Trinajstić information content (AvgIpc) is 3.21. The SMILES string of the molecule is COc1ccc(Cl)cc1N1C[C@H](C(=O)Nc2ccnn2C(C)C)CC1=O. The molecule has 0 aliphatic carbocycles. The van der Waals surface area contributed by atoms with Crippen LogP contribution in [-0.4, -0.2) is 35.2 Å². The fourth-order valence-corrected chi connectivity index (χ4v) is 3.21. The number of nitrogens with zero attached hydrogens (tertiary/aromatic N) is 3. The maximum atomic E-state index is 12.6. The van der Waals surface area contributed by atoms with Crippen LogP contribution in [-0.2, 0) is 9.59 Å². The molecule has 2 amide bonds. The molecule has 3 rings (SSSR count). The summed E-state index contributed by atoms with van der Waals surface area (Å²) in [5.41, 5.74) is 0.576. The van der Waals surface area contributed by atoms with Crippen LogP contribution in [0, 0.1) is 5.92 Å². The summed E-state index contributed by atoms with van der Waals surface area (Å²) >= 11 is 6.06. The molecule has 0 spiro atoms. The van der Waals surface area contributed by atoms with E-state index in [9.17, 15) is 9.59 Å². The number of benzene rings is 1. The van der Waals surface area contributed by atoms with Crippen LogP contribution >= 0.6 is 11.6 Å². The quantitative estimate of drug-likeness (QED) is 0.869. The van der Waals surface area contributed by atoms with Gasteiger partial charge in [-0.25, -0.2) is 4.68 Å². The standard InChI is InChI=1S/C18H21ClN4O3/c1-11(2)23-16(6-7-20-23)21-18(25)12-8-17(24)22(10-12)14-9-13(19)4-5-15(14)26-3/h4-7,9,11-12H,8,10H2,1-3H3,(H,21,25)/t12-/m1/s1. The van der Waals surface area contributed by atoms with E-state index in [0.717, 1.165) is 0 Å². The lowest BCUT2D eigenvalue weighted by molar-refractivity contribution is -0.122. The van der Waals surface area contributed by atoms with Gasteiger partial charge >= 0.3 is 0 Å². The molecule has 1 fully saturated rings. The molecular formula is C18H21ClN4O3. The maximum absolute atomic E-state index is 12.6. The number of aromatic nitrogens is 2. The lowest BCUT2D eigenvalue weighted by Crippen LogP contribution is -2.29. The Kier molecular flexibility index (Phi) is 5.18. The molecule has 26 heavy (non-hydrogen) atoms. The minimum absolute atomic E-state index is 0.123. The van der Waals surface area contributed by atoms with Crippen LogP contribution in [0.25, 0.3) is 0 Å². The van der Waals surface area contributed by atoms with E-state index in [1.54, 1.807) is 40.0 Å². The van der Waals surface area contributed by atoms with Gasteiger partial charge in [-0.2, -0.15) is 5.10 Å². The van der Waals surface area contributed by atoms with Gasteiger partial charge in [0, 0.05) is 30.1 Å². The average molecular weight is 377 g/mol. The molecule has 0 saturated carbocycles. The Morgan fingerprint density at radius 2 is 2.15 bits per heavy atom. The van der Waals surface area contributed by atoms with Gasteiger partial charge in [0.1, 0.15) is 11.6 Å². The lowest BCUT2D eigenvalue weighted by Gasteiger charge is -2.20. The Hall–Kier alpha value is -2.54. The van der Waals surface area contributed by atoms with Crippen molar-refractivity contribution >= 4 is 34.9 Å². The van der Waals surface area contributed by atoms with Gasteiger partial charge in [-0.05, 0) is 32.0 Å². The molecule has 138 valence electrons. The smallest absolute Gasteiger partial charge is 0.230 e. The molecule has 8 heteroatoms. The number of ether oxygens (including phenoxy) is 1. The molecule has 0 unspecified atom stereocenters. The van der Waals surface area contributed by atoms with Crippen molar-refractivity contribution in [3.05, 3.63) is 35.5 Å². The third-order valence-corrected chi connectivity index (χ3v) is 4.57. The first-order valence-electron chi connectivity index (χ1n) is 8.39. The number of anilines is 2. The van der Waals surface area contributed by atoms with Crippen LogP contribution in [0.1, 0.15) is 26.3 Å². The number of hydrogen-bond acceptors (Lipinski definition) is 4. The van der Waals surface area contributed by atoms with Gasteiger partial charge in [0.25, 0.3) is 0 Å². The molecule has 1 N–H and O–H groups in total. The van der Waals surface area contributed by atoms with Gasteiger partial charge in [-0.3, -0.25) is 9.59 Å². The number of carbonyl (C=O) groups is 2. The largest absolute Gasteiger partial charge is 0.495 e. The van der Waals surface area contributed by atoms with Crippen LogP contribution < -0.4 is 15.0 Å². The first-order chi connectivity index (χ1) is 12.4. The molecular weight excluding hydrogens is 356 g/mol. The van der Waals surface area contributed by atoms with Crippen molar-refractivity contribution in [2.24, 2.45) is 5.92 Å². The number of rotatable bonds is 5. The topological polar surface area (TPSA) is 76.5 Å². The summed E-state index contributed by atoms with van der Waals surface area (Å²) in [5.74, 6) is 0.368. The Morgan fingerprint density at radius 1 is 1.38 bits per heavy atom. The lowest BCUT2D eigenvalue weighted by atomic mass is 10.1. The van der Waals surface area contributed by atoms with Crippen LogP contribution in [0.3, 0.4) is 0 Å². The molecule has 0 radical (unpaired) electrons. The van der Waals surface area contributed by atoms with E-state index in [1.807, 2.05) is 13.8 Å². The third-order valence-electron chi connectivity index (χ3n) is 4.34. The van der Waals surface area contributed by atoms with Gasteiger partial charge in [0.05, 0.1) is 24.9 Å². The summed E-state index contributed by atoms with van der Waals surface area (Å²) in [5, 5.41) is 7.57. The van der Waals surface area contributed by atoms with Gasteiger partial charge in [-0.15, -0.1) is 0 Å². The fourth-order valence-electron chi connectivity index (χ4n) is 3.04. The van der Waals surface area contributed by atoms with Gasteiger partial charge in [-0.1, -0.05) is 11.6 Å². The predicted molar refractivity (Wildman–Crippen MR) is 99.7 cm³/mol. The zero-order valence-corrected chi connectivity index (χ0v) is 15.7. The molecule has 1 aromatic carbocycles. The zero-order chi connectivity index (χ0) is 18.8. The van der Waals surface area contributed by atoms with Crippen LogP contribution in [0.4, 0.5) is 11.5 Å². The number of halogens is 1. The molecule has 1 aliphatic rings. The third kappa shape index (κ3) is 3.53. The normalized spacial score (nSPS) is 17.0. The van der Waals surface area contributed by atoms with Crippen molar-refractivity contribution in [2.45, 2.75) is 26.3 Å². The van der Waals surface area contributed by atoms with Crippen LogP contribution in [0.2, 0.25) is 5.02 Å². The number of methoxy groups -OCH3 is 1. The number of nitrogens with one attached hydrogen (secondary N) is 1. The molecule has 1 aromatic heterocycles. The number of hydrogen-bond donors (Lipinski definition) is 1. The molecule has 2 aromatic rings.